The van der Waals surface area contributed by atoms with Gasteiger partial charge in [0, 0.05) is 16.6 Å². The number of hydrogen-bond acceptors (Lipinski definition) is 2. The number of anilines is 1. The molecule has 0 atom stereocenters. The summed E-state index contributed by atoms with van der Waals surface area (Å²) >= 11 is 0. The van der Waals surface area contributed by atoms with Crippen molar-refractivity contribution in [3.63, 3.8) is 0 Å². The highest BCUT2D eigenvalue weighted by Gasteiger charge is 2.17. The Morgan fingerprint density at radius 1 is 1.05 bits per heavy atom. The van der Waals surface area contributed by atoms with Gasteiger partial charge in [0.15, 0.2) is 5.76 Å². The van der Waals surface area contributed by atoms with E-state index in [9.17, 15) is 4.79 Å². The van der Waals surface area contributed by atoms with Crippen LogP contribution >= 0.6 is 0 Å². The summed E-state index contributed by atoms with van der Waals surface area (Å²) in [5.74, 6) is 0.159. The van der Waals surface area contributed by atoms with Gasteiger partial charge in [0.25, 0.3) is 5.91 Å². The van der Waals surface area contributed by atoms with Crippen LogP contribution in [-0.4, -0.2) is 5.91 Å². The van der Waals surface area contributed by atoms with Crippen LogP contribution in [0.2, 0.25) is 0 Å². The van der Waals surface area contributed by atoms with Crippen molar-refractivity contribution in [2.75, 3.05) is 5.32 Å². The Morgan fingerprint density at radius 3 is 2.52 bits per heavy atom. The lowest BCUT2D eigenvalue weighted by atomic mass is 10.1. The topological polar surface area (TPSA) is 42.2 Å². The largest absolute Gasteiger partial charge is 0.451 e. The van der Waals surface area contributed by atoms with Crippen LogP contribution in [0.1, 0.15) is 27.2 Å². The van der Waals surface area contributed by atoms with E-state index in [1.54, 1.807) is 0 Å². The molecule has 0 unspecified atom stereocenters. The molecule has 0 aliphatic rings. The van der Waals surface area contributed by atoms with E-state index in [4.69, 9.17) is 4.42 Å². The van der Waals surface area contributed by atoms with Crippen molar-refractivity contribution in [1.29, 1.82) is 0 Å². The first kappa shape index (κ1) is 13.4. The highest BCUT2D eigenvalue weighted by atomic mass is 16.3. The summed E-state index contributed by atoms with van der Waals surface area (Å²) in [4.78, 5) is 12.4. The number of fused-ring (bicyclic) bond motifs is 1. The molecule has 3 rings (SSSR count). The van der Waals surface area contributed by atoms with Crippen molar-refractivity contribution in [2.24, 2.45) is 0 Å². The van der Waals surface area contributed by atoms with E-state index in [0.29, 0.717) is 5.76 Å². The summed E-state index contributed by atoms with van der Waals surface area (Å²) in [5, 5.41) is 3.90. The number of benzene rings is 2. The van der Waals surface area contributed by atoms with Crippen LogP contribution in [0.4, 0.5) is 5.69 Å². The van der Waals surface area contributed by atoms with Crippen LogP contribution < -0.4 is 5.32 Å². The van der Waals surface area contributed by atoms with Gasteiger partial charge in [0.1, 0.15) is 5.58 Å². The first-order chi connectivity index (χ1) is 10.1. The molecule has 1 aromatic heterocycles. The van der Waals surface area contributed by atoms with E-state index in [2.05, 4.69) is 5.32 Å². The lowest BCUT2D eigenvalue weighted by Gasteiger charge is -2.08. The maximum absolute atomic E-state index is 12.4. The lowest BCUT2D eigenvalue weighted by Crippen LogP contribution is -2.13. The fourth-order valence-corrected chi connectivity index (χ4v) is 2.52. The minimum atomic E-state index is -0.212. The third kappa shape index (κ3) is 2.42. The molecule has 2 aromatic carbocycles. The molecule has 0 aliphatic carbocycles. The van der Waals surface area contributed by atoms with Gasteiger partial charge in [0.2, 0.25) is 0 Å². The second-order valence-corrected chi connectivity index (χ2v) is 5.32. The Balaban J connectivity index is 1.95. The van der Waals surface area contributed by atoms with E-state index in [-0.39, 0.29) is 5.91 Å². The van der Waals surface area contributed by atoms with Crippen LogP contribution in [0.3, 0.4) is 0 Å². The average Bonchev–Trinajstić information content (AvgIpc) is 2.80. The van der Waals surface area contributed by atoms with Crippen LogP contribution in [0.5, 0.6) is 0 Å². The number of amides is 1. The molecule has 1 heterocycles. The number of furan rings is 1. The standard InChI is InChI=1S/C18H17NO2/c1-11-8-9-15(12(2)10-11)19-18(20)17-13(3)14-6-4-5-7-16(14)21-17/h4-10H,1-3H3,(H,19,20). The molecular weight excluding hydrogens is 262 g/mol. The van der Waals surface area contributed by atoms with Gasteiger partial charge in [0.05, 0.1) is 0 Å². The van der Waals surface area contributed by atoms with Crippen molar-refractivity contribution >= 4 is 22.6 Å². The monoisotopic (exact) mass is 279 g/mol. The lowest BCUT2D eigenvalue weighted by molar-refractivity contribution is 0.0998. The second kappa shape index (κ2) is 5.09. The molecule has 3 heteroatoms. The van der Waals surface area contributed by atoms with Gasteiger partial charge in [-0.05, 0) is 38.5 Å². The molecule has 21 heavy (non-hydrogen) atoms. The Bertz CT molecular complexity index is 830. The van der Waals surface area contributed by atoms with E-state index < -0.39 is 0 Å². The summed E-state index contributed by atoms with van der Waals surface area (Å²) in [6, 6.07) is 13.6. The maximum Gasteiger partial charge on any atom is 0.291 e. The van der Waals surface area contributed by atoms with E-state index in [0.717, 1.165) is 27.8 Å². The maximum atomic E-state index is 12.4. The zero-order chi connectivity index (χ0) is 15.0. The Labute approximate surface area is 123 Å². The van der Waals surface area contributed by atoms with Crippen molar-refractivity contribution in [3.05, 3.63) is 64.9 Å². The first-order valence-electron chi connectivity index (χ1n) is 6.93. The number of nitrogens with one attached hydrogen (secondary N) is 1. The van der Waals surface area contributed by atoms with E-state index in [1.807, 2.05) is 63.2 Å². The summed E-state index contributed by atoms with van der Waals surface area (Å²) in [6.45, 7) is 5.92. The van der Waals surface area contributed by atoms with Crippen LogP contribution in [0.15, 0.2) is 46.9 Å². The number of rotatable bonds is 2. The third-order valence-electron chi connectivity index (χ3n) is 3.68. The van der Waals surface area contributed by atoms with Crippen LogP contribution in [0, 0.1) is 20.8 Å². The molecule has 0 bridgehead atoms. The summed E-state index contributed by atoms with van der Waals surface area (Å²) in [7, 11) is 0. The van der Waals surface area contributed by atoms with Crippen LogP contribution in [-0.2, 0) is 0 Å². The van der Waals surface area contributed by atoms with Crippen LogP contribution in [0.25, 0.3) is 11.0 Å². The van der Waals surface area contributed by atoms with Crippen molar-refractivity contribution in [3.8, 4) is 0 Å². The highest BCUT2D eigenvalue weighted by molar-refractivity contribution is 6.06. The molecule has 0 saturated carbocycles. The molecule has 0 radical (unpaired) electrons. The molecule has 1 N–H and O–H groups in total. The van der Waals surface area contributed by atoms with Gasteiger partial charge in [-0.25, -0.2) is 0 Å². The molecule has 3 nitrogen and oxygen atoms in total. The molecule has 0 spiro atoms. The molecule has 106 valence electrons. The molecule has 0 fully saturated rings. The summed E-state index contributed by atoms with van der Waals surface area (Å²) < 4.78 is 5.68. The highest BCUT2D eigenvalue weighted by Crippen LogP contribution is 2.26. The fourth-order valence-electron chi connectivity index (χ4n) is 2.52. The Hall–Kier alpha value is -2.55. The Morgan fingerprint density at radius 2 is 1.81 bits per heavy atom. The predicted octanol–water partition coefficient (Wildman–Crippen LogP) is 4.61. The zero-order valence-electron chi connectivity index (χ0n) is 12.4. The smallest absolute Gasteiger partial charge is 0.291 e. The van der Waals surface area contributed by atoms with Gasteiger partial charge in [-0.3, -0.25) is 4.79 Å². The van der Waals surface area contributed by atoms with Gasteiger partial charge in [-0.1, -0.05) is 35.9 Å². The first-order valence-corrected chi connectivity index (χ1v) is 6.93. The van der Waals surface area contributed by atoms with Crippen molar-refractivity contribution in [2.45, 2.75) is 20.8 Å². The number of carbonyl (C=O) groups excluding carboxylic acids is 1. The second-order valence-electron chi connectivity index (χ2n) is 5.32. The summed E-state index contributed by atoms with van der Waals surface area (Å²) in [6.07, 6.45) is 0. The van der Waals surface area contributed by atoms with Gasteiger partial charge in [-0.2, -0.15) is 0 Å². The number of aryl methyl sites for hydroxylation is 3. The van der Waals surface area contributed by atoms with Crippen molar-refractivity contribution in [1.82, 2.24) is 0 Å². The van der Waals surface area contributed by atoms with Gasteiger partial charge in [-0.15, -0.1) is 0 Å². The molecule has 0 saturated heterocycles. The number of carbonyl (C=O) groups is 1. The Kier molecular flexibility index (Phi) is 3.26. The molecular formula is C18H17NO2. The predicted molar refractivity (Wildman–Crippen MR) is 84.8 cm³/mol. The van der Waals surface area contributed by atoms with E-state index >= 15 is 0 Å². The van der Waals surface area contributed by atoms with Crippen molar-refractivity contribution < 1.29 is 9.21 Å². The van der Waals surface area contributed by atoms with Gasteiger partial charge < -0.3 is 9.73 Å². The molecule has 1 amide bonds. The van der Waals surface area contributed by atoms with Gasteiger partial charge >= 0.3 is 0 Å². The number of hydrogen-bond donors (Lipinski definition) is 1. The zero-order valence-corrected chi connectivity index (χ0v) is 12.4. The fraction of sp³-hybridized carbons (Fsp3) is 0.167. The third-order valence-corrected chi connectivity index (χ3v) is 3.68. The van der Waals surface area contributed by atoms with E-state index in [1.165, 1.54) is 5.56 Å². The normalized spacial score (nSPS) is 10.8. The average molecular weight is 279 g/mol. The molecule has 0 aliphatic heterocycles. The summed E-state index contributed by atoms with van der Waals surface area (Å²) in [5.41, 5.74) is 4.63. The minimum absolute atomic E-state index is 0.212. The SMILES string of the molecule is Cc1ccc(NC(=O)c2oc3ccccc3c2C)c(C)c1. The molecule has 3 aromatic rings. The minimum Gasteiger partial charge on any atom is -0.451 e. The number of para-hydroxylation sites is 1. The quantitative estimate of drug-likeness (QED) is 0.744.